The van der Waals surface area contributed by atoms with E-state index in [4.69, 9.17) is 4.42 Å². The summed E-state index contributed by atoms with van der Waals surface area (Å²) in [6.45, 7) is 0. The molecule has 2 nitrogen and oxygen atoms in total. The van der Waals surface area contributed by atoms with E-state index in [0.717, 1.165) is 33.0 Å². The summed E-state index contributed by atoms with van der Waals surface area (Å²) < 4.78 is 18.2. The highest BCUT2D eigenvalue weighted by molar-refractivity contribution is 7.13. The third-order valence-corrected chi connectivity index (χ3v) is 4.50. The van der Waals surface area contributed by atoms with Gasteiger partial charge in [0.2, 0.25) is 0 Å². The average Bonchev–Trinajstić information content (AvgIpc) is 3.27. The van der Waals surface area contributed by atoms with Gasteiger partial charge in [0.15, 0.2) is 0 Å². The van der Waals surface area contributed by atoms with Gasteiger partial charge in [0.25, 0.3) is 0 Å². The Bertz CT molecular complexity index is 926. The predicted molar refractivity (Wildman–Crippen MR) is 90.6 cm³/mol. The molecule has 0 spiro atoms. The maximum atomic E-state index is 13.1. The van der Waals surface area contributed by atoms with Crippen molar-refractivity contribution in [2.75, 3.05) is 0 Å². The number of aromatic nitrogens is 1. The molecule has 4 heteroatoms. The van der Waals surface area contributed by atoms with Gasteiger partial charge in [0, 0.05) is 16.5 Å². The molecule has 0 bridgehead atoms. The molecule has 0 amide bonds. The molecule has 0 radical (unpaired) electrons. The van der Waals surface area contributed by atoms with Crippen molar-refractivity contribution in [1.29, 1.82) is 0 Å². The summed E-state index contributed by atoms with van der Waals surface area (Å²) in [5, 5.41) is 2.97. The van der Waals surface area contributed by atoms with Crippen LogP contribution in [0, 0.1) is 5.82 Å². The molecule has 0 saturated carbocycles. The van der Waals surface area contributed by atoms with E-state index in [1.54, 1.807) is 36.0 Å². The molecular formula is C19H12FNOS. The summed E-state index contributed by atoms with van der Waals surface area (Å²) in [5.41, 5.74) is 4.97. The molecule has 23 heavy (non-hydrogen) atoms. The van der Waals surface area contributed by atoms with Gasteiger partial charge in [-0.3, -0.25) is 0 Å². The first-order chi connectivity index (χ1) is 11.3. The van der Waals surface area contributed by atoms with Gasteiger partial charge < -0.3 is 4.42 Å². The molecule has 0 aliphatic rings. The standard InChI is InChI=1S/C19H12FNOS/c20-17-6-4-13(5-7-17)14-2-1-3-15(10-14)18-12-23-19(21-18)16-8-9-22-11-16/h1-12H. The van der Waals surface area contributed by atoms with E-state index in [2.05, 4.69) is 11.1 Å². The van der Waals surface area contributed by atoms with E-state index >= 15 is 0 Å². The van der Waals surface area contributed by atoms with Crippen LogP contribution in [0.2, 0.25) is 0 Å². The number of hydrogen-bond donors (Lipinski definition) is 0. The fraction of sp³-hybridized carbons (Fsp3) is 0. The lowest BCUT2D eigenvalue weighted by Crippen LogP contribution is -1.82. The van der Waals surface area contributed by atoms with E-state index in [1.807, 2.05) is 29.6 Å². The highest BCUT2D eigenvalue weighted by Gasteiger charge is 2.08. The molecule has 4 aromatic rings. The molecule has 0 aliphatic heterocycles. The Balaban J connectivity index is 1.70. The van der Waals surface area contributed by atoms with Gasteiger partial charge >= 0.3 is 0 Å². The van der Waals surface area contributed by atoms with Crippen LogP contribution in [0.4, 0.5) is 4.39 Å². The molecule has 2 aromatic heterocycles. The molecule has 0 saturated heterocycles. The first kappa shape index (κ1) is 13.9. The molecule has 4 rings (SSSR count). The Labute approximate surface area is 136 Å². The Morgan fingerprint density at radius 3 is 2.48 bits per heavy atom. The number of halogens is 1. The number of benzene rings is 2. The van der Waals surface area contributed by atoms with E-state index in [0.29, 0.717) is 0 Å². The molecule has 112 valence electrons. The summed E-state index contributed by atoms with van der Waals surface area (Å²) in [7, 11) is 0. The molecule has 0 unspecified atom stereocenters. The SMILES string of the molecule is Fc1ccc(-c2cccc(-c3csc(-c4ccoc4)n3)c2)cc1. The summed E-state index contributed by atoms with van der Waals surface area (Å²) in [5.74, 6) is -0.228. The zero-order valence-corrected chi connectivity index (χ0v) is 12.9. The van der Waals surface area contributed by atoms with Gasteiger partial charge in [-0.2, -0.15) is 0 Å². The van der Waals surface area contributed by atoms with Gasteiger partial charge in [-0.05, 0) is 35.4 Å². The van der Waals surface area contributed by atoms with E-state index < -0.39 is 0 Å². The Morgan fingerprint density at radius 2 is 1.70 bits per heavy atom. The highest BCUT2D eigenvalue weighted by Crippen LogP contribution is 2.31. The Morgan fingerprint density at radius 1 is 0.870 bits per heavy atom. The summed E-state index contributed by atoms with van der Waals surface area (Å²) in [4.78, 5) is 4.67. The lowest BCUT2D eigenvalue weighted by molar-refractivity contribution is 0.568. The van der Waals surface area contributed by atoms with E-state index in [-0.39, 0.29) is 5.82 Å². The maximum Gasteiger partial charge on any atom is 0.127 e. The van der Waals surface area contributed by atoms with Crippen molar-refractivity contribution >= 4 is 11.3 Å². The zero-order chi connectivity index (χ0) is 15.6. The van der Waals surface area contributed by atoms with Gasteiger partial charge in [-0.25, -0.2) is 9.37 Å². The first-order valence-electron chi connectivity index (χ1n) is 7.14. The van der Waals surface area contributed by atoms with Crippen LogP contribution in [0.5, 0.6) is 0 Å². The second kappa shape index (κ2) is 5.82. The topological polar surface area (TPSA) is 26.0 Å². The largest absolute Gasteiger partial charge is 0.472 e. The maximum absolute atomic E-state index is 13.1. The lowest BCUT2D eigenvalue weighted by atomic mass is 10.0. The summed E-state index contributed by atoms with van der Waals surface area (Å²) >= 11 is 1.59. The first-order valence-corrected chi connectivity index (χ1v) is 8.02. The summed E-state index contributed by atoms with van der Waals surface area (Å²) in [6.07, 6.45) is 3.34. The van der Waals surface area contributed by atoms with Crippen LogP contribution in [0.25, 0.3) is 33.0 Å². The van der Waals surface area contributed by atoms with Crippen LogP contribution in [0.15, 0.2) is 76.9 Å². The van der Waals surface area contributed by atoms with Crippen LogP contribution in [-0.4, -0.2) is 4.98 Å². The number of furan rings is 1. The molecule has 0 fully saturated rings. The molecule has 0 aliphatic carbocycles. The van der Waals surface area contributed by atoms with Crippen LogP contribution in [-0.2, 0) is 0 Å². The van der Waals surface area contributed by atoms with Crippen molar-refractivity contribution in [2.45, 2.75) is 0 Å². The normalized spacial score (nSPS) is 10.8. The summed E-state index contributed by atoms with van der Waals surface area (Å²) in [6, 6.07) is 16.5. The van der Waals surface area contributed by atoms with Crippen molar-refractivity contribution in [1.82, 2.24) is 4.98 Å². The van der Waals surface area contributed by atoms with Gasteiger partial charge in [0.05, 0.1) is 12.0 Å². The molecular weight excluding hydrogens is 309 g/mol. The van der Waals surface area contributed by atoms with Crippen molar-refractivity contribution in [2.24, 2.45) is 0 Å². The van der Waals surface area contributed by atoms with Crippen molar-refractivity contribution in [3.63, 3.8) is 0 Å². The quantitative estimate of drug-likeness (QED) is 0.471. The Kier molecular flexibility index (Phi) is 3.52. The van der Waals surface area contributed by atoms with Crippen LogP contribution < -0.4 is 0 Å². The monoisotopic (exact) mass is 321 g/mol. The number of thiazole rings is 1. The lowest BCUT2D eigenvalue weighted by Gasteiger charge is -2.04. The third kappa shape index (κ3) is 2.81. The van der Waals surface area contributed by atoms with Crippen LogP contribution in [0.3, 0.4) is 0 Å². The Hall–Kier alpha value is -2.72. The predicted octanol–water partition coefficient (Wildman–Crippen LogP) is 5.88. The zero-order valence-electron chi connectivity index (χ0n) is 12.1. The van der Waals surface area contributed by atoms with Crippen molar-refractivity contribution in [3.05, 3.63) is 78.3 Å². The minimum Gasteiger partial charge on any atom is -0.472 e. The number of nitrogens with zero attached hydrogens (tertiary/aromatic N) is 1. The van der Waals surface area contributed by atoms with E-state index in [1.165, 1.54) is 12.1 Å². The molecule has 0 atom stereocenters. The minimum absolute atomic E-state index is 0.228. The minimum atomic E-state index is -0.228. The third-order valence-electron chi connectivity index (χ3n) is 3.61. The second-order valence-electron chi connectivity index (χ2n) is 5.14. The molecule has 2 aromatic carbocycles. The fourth-order valence-electron chi connectivity index (χ4n) is 2.43. The van der Waals surface area contributed by atoms with E-state index in [9.17, 15) is 4.39 Å². The number of rotatable bonds is 3. The van der Waals surface area contributed by atoms with Gasteiger partial charge in [-0.1, -0.05) is 30.3 Å². The van der Waals surface area contributed by atoms with Crippen LogP contribution >= 0.6 is 11.3 Å². The second-order valence-corrected chi connectivity index (χ2v) is 6.00. The fourth-order valence-corrected chi connectivity index (χ4v) is 3.24. The van der Waals surface area contributed by atoms with Crippen LogP contribution in [0.1, 0.15) is 0 Å². The number of hydrogen-bond acceptors (Lipinski definition) is 3. The molecule has 0 N–H and O–H groups in total. The van der Waals surface area contributed by atoms with Crippen molar-refractivity contribution in [3.8, 4) is 33.0 Å². The van der Waals surface area contributed by atoms with Gasteiger partial charge in [0.1, 0.15) is 17.1 Å². The van der Waals surface area contributed by atoms with Crippen molar-refractivity contribution < 1.29 is 8.81 Å². The van der Waals surface area contributed by atoms with Gasteiger partial charge in [-0.15, -0.1) is 11.3 Å². The average molecular weight is 321 g/mol. The molecule has 2 heterocycles. The highest BCUT2D eigenvalue weighted by atomic mass is 32.1. The smallest absolute Gasteiger partial charge is 0.127 e.